The quantitative estimate of drug-likeness (QED) is 0.845. The Morgan fingerprint density at radius 2 is 2.20 bits per heavy atom. The van der Waals surface area contributed by atoms with Crippen molar-refractivity contribution < 1.29 is 30.0 Å². The van der Waals surface area contributed by atoms with Crippen molar-refractivity contribution in [1.82, 2.24) is 9.97 Å². The number of fused-ring (bicyclic) bond motifs is 1. The topological polar surface area (TPSA) is 59.8 Å². The molecule has 4 rings (SSSR count). The van der Waals surface area contributed by atoms with Gasteiger partial charge in [-0.05, 0) is 25.8 Å². The number of aromatic nitrogens is 2. The molecule has 1 saturated heterocycles. The van der Waals surface area contributed by atoms with Crippen molar-refractivity contribution in [3.05, 3.63) is 47.3 Å². The molecule has 0 radical (unpaired) electrons. The highest BCUT2D eigenvalue weighted by Gasteiger charge is 2.21. The van der Waals surface area contributed by atoms with E-state index in [4.69, 9.17) is 25.3 Å². The van der Waals surface area contributed by atoms with E-state index in [-0.39, 0.29) is 22.7 Å². The Hall–Kier alpha value is -2.47. The lowest BCUT2D eigenvalue weighted by atomic mass is 10.0. The van der Waals surface area contributed by atoms with E-state index in [0.29, 0.717) is 11.1 Å². The summed E-state index contributed by atoms with van der Waals surface area (Å²) in [5, 5.41) is 0. The minimum absolute atomic E-state index is 0.0739. The number of hydrogen-bond donors (Lipinski definition) is 0. The van der Waals surface area contributed by atoms with Crippen LogP contribution in [-0.2, 0) is 11.3 Å². The zero-order valence-corrected chi connectivity index (χ0v) is 12.7. The number of aliphatic imine (C=N–C) groups is 1. The van der Waals surface area contributed by atoms with Gasteiger partial charge in [-0.15, -0.1) is 0 Å². The van der Waals surface area contributed by atoms with E-state index in [1.165, 1.54) is 18.3 Å². The van der Waals surface area contributed by atoms with Gasteiger partial charge in [0.25, 0.3) is 0 Å². The Bertz CT molecular complexity index is 1320. The molecule has 0 atom stereocenters. The fraction of sp³-hybridized carbons (Fsp3) is 0.421. The van der Waals surface area contributed by atoms with Crippen LogP contribution in [0.4, 0.5) is 5.82 Å². The number of pyridine rings is 2. The molecule has 0 N–H and O–H groups in total. The Labute approximate surface area is 168 Å². The van der Waals surface area contributed by atoms with Crippen molar-refractivity contribution in [2.75, 3.05) is 31.0 Å². The molecule has 6 nitrogen and oxygen atoms in total. The minimum Gasteiger partial charge on any atom is -0.475 e. The monoisotopic (exact) mass is 353 g/mol. The van der Waals surface area contributed by atoms with Gasteiger partial charge in [0.1, 0.15) is 5.82 Å². The largest absolute Gasteiger partial charge is 0.475 e. The number of ether oxygens (including phenoxy) is 2. The number of rotatable bonds is 4. The molecule has 0 saturated carbocycles. The second-order valence-corrected chi connectivity index (χ2v) is 5.04. The van der Waals surface area contributed by atoms with Crippen LogP contribution in [0, 0.1) is 0 Å². The molecule has 2 aliphatic heterocycles. The van der Waals surface area contributed by atoms with Gasteiger partial charge in [0.2, 0.25) is 5.88 Å². The van der Waals surface area contributed by atoms with Crippen molar-refractivity contribution in [3.63, 3.8) is 0 Å². The van der Waals surface area contributed by atoms with Crippen molar-refractivity contribution in [3.8, 4) is 5.88 Å². The SMILES string of the molecule is [2H]C([2H])([2H])C([2H])(Oc1cc2c(cn1)CN=C2c1ccnc(N2C([2H])([2H])C([2H])([2H])OC([2H])([2H])C2([2H])[2H])c1)C([2H])([2H])[2H]. The van der Waals surface area contributed by atoms with Crippen LogP contribution in [0.1, 0.15) is 51.0 Å². The first-order valence-corrected chi connectivity index (χ1v) is 7.16. The van der Waals surface area contributed by atoms with E-state index in [2.05, 4.69) is 19.7 Å². The lowest BCUT2D eigenvalue weighted by molar-refractivity contribution is 0.122. The molecule has 2 aliphatic rings. The molecule has 0 aliphatic carbocycles. The average molecular weight is 354 g/mol. The molecular formula is C19H22N4O2. The van der Waals surface area contributed by atoms with Crippen LogP contribution in [0.2, 0.25) is 0 Å². The first-order chi connectivity index (χ1) is 18.0. The maximum Gasteiger partial charge on any atom is 0.214 e. The summed E-state index contributed by atoms with van der Waals surface area (Å²) in [7, 11) is 0. The molecule has 0 unspecified atom stereocenters. The number of nitrogens with zero attached hydrogens (tertiary/aromatic N) is 4. The van der Waals surface area contributed by atoms with Crippen molar-refractivity contribution in [2.24, 2.45) is 4.99 Å². The van der Waals surface area contributed by atoms with E-state index in [1.54, 1.807) is 0 Å². The van der Waals surface area contributed by atoms with Gasteiger partial charge in [0.05, 0.1) is 43.8 Å². The molecule has 0 bridgehead atoms. The third-order valence-electron chi connectivity index (χ3n) is 3.50. The molecule has 4 heterocycles. The molecule has 2 aromatic rings. The van der Waals surface area contributed by atoms with Gasteiger partial charge in [0, 0.05) is 56.4 Å². The Morgan fingerprint density at radius 1 is 1.32 bits per heavy atom. The lowest BCUT2D eigenvalue weighted by Crippen LogP contribution is -2.36. The maximum absolute atomic E-state index is 8.25. The second kappa shape index (κ2) is 6.80. The van der Waals surface area contributed by atoms with Gasteiger partial charge in [-0.2, -0.15) is 0 Å². The Kier molecular flexibility index (Phi) is 1.73. The van der Waals surface area contributed by atoms with Crippen molar-refractivity contribution in [2.45, 2.75) is 26.3 Å². The predicted octanol–water partition coefficient (Wildman–Crippen LogP) is 2.45. The first kappa shape index (κ1) is 6.36. The molecule has 6 heteroatoms. The van der Waals surface area contributed by atoms with E-state index in [0.717, 1.165) is 12.3 Å². The van der Waals surface area contributed by atoms with E-state index >= 15 is 0 Å². The van der Waals surface area contributed by atoms with Crippen LogP contribution in [-0.4, -0.2) is 47.9 Å². The molecule has 130 valence electrons. The summed E-state index contributed by atoms with van der Waals surface area (Å²) in [6.45, 7) is -19.7. The Balaban J connectivity index is 1.76. The standard InChI is InChI=1S/C19H22N4O2/c1-13(2)25-18-10-16-15(11-21-18)12-22-19(16)14-3-4-20-17(9-14)23-5-7-24-8-6-23/h3-4,9-11,13H,5-8,12H2,1-2H3/i1D3,2D3,5D2,6D2,7D2,8D2,13D. The van der Waals surface area contributed by atoms with Gasteiger partial charge < -0.3 is 14.4 Å². The van der Waals surface area contributed by atoms with Crippen molar-refractivity contribution >= 4 is 11.5 Å². The number of morpholine rings is 1. The molecule has 0 spiro atoms. The highest BCUT2D eigenvalue weighted by molar-refractivity contribution is 6.15. The van der Waals surface area contributed by atoms with Gasteiger partial charge in [0.15, 0.2) is 0 Å². The first-order valence-electron chi connectivity index (χ1n) is 14.7. The fourth-order valence-electron chi connectivity index (χ4n) is 2.46. The van der Waals surface area contributed by atoms with Crippen LogP contribution >= 0.6 is 0 Å². The summed E-state index contributed by atoms with van der Waals surface area (Å²) in [5.41, 5.74) is 1.18. The van der Waals surface area contributed by atoms with E-state index in [9.17, 15) is 0 Å². The smallest absolute Gasteiger partial charge is 0.214 e. The minimum atomic E-state index is -3.37. The molecule has 25 heavy (non-hydrogen) atoms. The fourth-order valence-corrected chi connectivity index (χ4v) is 2.46. The summed E-state index contributed by atoms with van der Waals surface area (Å²) in [5.74, 6) is -0.979. The van der Waals surface area contributed by atoms with E-state index < -0.39 is 57.6 Å². The average Bonchev–Trinajstić information content (AvgIpc) is 3.19. The highest BCUT2D eigenvalue weighted by Crippen LogP contribution is 2.27. The van der Waals surface area contributed by atoms with E-state index in [1.807, 2.05) is 0 Å². The molecule has 2 aromatic heterocycles. The summed E-state index contributed by atoms with van der Waals surface area (Å²) in [6, 6.07) is 3.75. The maximum atomic E-state index is 8.25. The third-order valence-corrected chi connectivity index (χ3v) is 3.50. The van der Waals surface area contributed by atoms with Crippen LogP contribution < -0.4 is 9.64 Å². The molecule has 1 fully saturated rings. The summed E-state index contributed by atoms with van der Waals surface area (Å²) >= 11 is 0. The van der Waals surface area contributed by atoms with Crippen LogP contribution in [0.5, 0.6) is 5.88 Å². The molecule has 0 aromatic carbocycles. The summed E-state index contributed by atoms with van der Waals surface area (Å²) < 4.78 is 127. The van der Waals surface area contributed by atoms with Crippen molar-refractivity contribution in [1.29, 1.82) is 0 Å². The normalized spacial score (nSPS) is 35.1. The third kappa shape index (κ3) is 3.35. The zero-order chi connectivity index (χ0) is 30.3. The zero-order valence-electron chi connectivity index (χ0n) is 27.7. The van der Waals surface area contributed by atoms with Crippen LogP contribution in [0.25, 0.3) is 0 Å². The number of hydrogen-bond acceptors (Lipinski definition) is 6. The molecule has 0 amide bonds. The van der Waals surface area contributed by atoms with Gasteiger partial charge in [-0.3, -0.25) is 4.99 Å². The highest BCUT2D eigenvalue weighted by atomic mass is 16.5. The Morgan fingerprint density at radius 3 is 3.04 bits per heavy atom. The van der Waals surface area contributed by atoms with Gasteiger partial charge >= 0.3 is 0 Å². The van der Waals surface area contributed by atoms with Crippen LogP contribution in [0.3, 0.4) is 0 Å². The van der Waals surface area contributed by atoms with Gasteiger partial charge in [-0.1, -0.05) is 0 Å². The number of anilines is 1. The molecular weight excluding hydrogens is 316 g/mol. The lowest BCUT2D eigenvalue weighted by Gasteiger charge is -2.28. The van der Waals surface area contributed by atoms with Crippen LogP contribution in [0.15, 0.2) is 35.6 Å². The summed E-state index contributed by atoms with van der Waals surface area (Å²) in [4.78, 5) is 12.5. The van der Waals surface area contributed by atoms with Gasteiger partial charge in [-0.25, -0.2) is 9.97 Å². The summed E-state index contributed by atoms with van der Waals surface area (Å²) in [6.07, 6.45) is -0.938. The second-order valence-electron chi connectivity index (χ2n) is 5.04. The predicted molar refractivity (Wildman–Crippen MR) is 96.6 cm³/mol.